The van der Waals surface area contributed by atoms with Crippen LogP contribution in [0.3, 0.4) is 0 Å². The van der Waals surface area contributed by atoms with Gasteiger partial charge < -0.3 is 4.57 Å². The summed E-state index contributed by atoms with van der Waals surface area (Å²) in [5, 5.41) is 2.48. The van der Waals surface area contributed by atoms with E-state index >= 15 is 0 Å². The smallest absolute Gasteiger partial charge is 0.160 e. The minimum atomic E-state index is -0.263. The van der Waals surface area contributed by atoms with Crippen molar-refractivity contribution in [3.8, 4) is 27.9 Å². The van der Waals surface area contributed by atoms with Crippen LogP contribution in [0.4, 0.5) is 0 Å². The molecule has 0 bridgehead atoms. The van der Waals surface area contributed by atoms with E-state index in [0.29, 0.717) is 11.5 Å². The average Bonchev–Trinajstić information content (AvgIpc) is 3.75. The van der Waals surface area contributed by atoms with Gasteiger partial charge in [0, 0.05) is 33.1 Å². The van der Waals surface area contributed by atoms with Crippen LogP contribution in [0.25, 0.3) is 55.4 Å². The third kappa shape index (κ3) is 5.91. The standard InChI is InChI=1S/C55H41N3/c1-37(39-27-29-42(30-28-39)41-17-7-4-8-18-41)56-54(43-19-9-5-10-20-43)57-38(2)40-31-33-45(34-32-40)58-52-26-16-14-24-47(52)49-35-51-48(36-53(49)58)46-23-13-15-25-50(46)55(51,3)44-21-11-6-12-22-44/h4-36H,2H2,1,3H3. The van der Waals surface area contributed by atoms with E-state index in [0.717, 1.165) is 28.1 Å². The Kier molecular flexibility index (Phi) is 8.65. The minimum absolute atomic E-state index is 0.263. The number of para-hydroxylation sites is 1. The lowest BCUT2D eigenvalue weighted by molar-refractivity contribution is 0.715. The maximum absolute atomic E-state index is 5.09. The first-order chi connectivity index (χ1) is 28.5. The summed E-state index contributed by atoms with van der Waals surface area (Å²) < 4.78 is 2.40. The molecule has 1 atom stereocenters. The van der Waals surface area contributed by atoms with Crippen molar-refractivity contribution in [3.05, 3.63) is 240 Å². The third-order valence-electron chi connectivity index (χ3n) is 11.9. The highest BCUT2D eigenvalue weighted by molar-refractivity contribution is 6.13. The van der Waals surface area contributed by atoms with Gasteiger partial charge in [-0.3, -0.25) is 0 Å². The SMILES string of the molecule is C=C(N=C(N=C(C)c1ccc(-c2ccccc2)cc1)c1ccccc1)c1ccc(-n2c3ccccc3c3cc4c(cc32)-c2ccccc2C4(C)c2ccccc2)cc1. The Balaban J connectivity index is 1.03. The molecule has 0 radical (unpaired) electrons. The topological polar surface area (TPSA) is 29.6 Å². The monoisotopic (exact) mass is 743 g/mol. The number of hydrogen-bond donors (Lipinski definition) is 0. The van der Waals surface area contributed by atoms with E-state index < -0.39 is 0 Å². The van der Waals surface area contributed by atoms with E-state index in [-0.39, 0.29) is 5.41 Å². The van der Waals surface area contributed by atoms with Crippen LogP contribution in [-0.4, -0.2) is 16.1 Å². The Hall–Kier alpha value is -7.36. The van der Waals surface area contributed by atoms with Gasteiger partial charge in [0.05, 0.1) is 16.7 Å². The fourth-order valence-electron chi connectivity index (χ4n) is 8.81. The molecule has 0 saturated heterocycles. The molecule has 1 unspecified atom stereocenters. The van der Waals surface area contributed by atoms with Crippen LogP contribution in [0, 0.1) is 0 Å². The fourth-order valence-corrected chi connectivity index (χ4v) is 8.81. The molecule has 9 aromatic rings. The lowest BCUT2D eigenvalue weighted by Gasteiger charge is -2.28. The van der Waals surface area contributed by atoms with Crippen molar-refractivity contribution < 1.29 is 0 Å². The quantitative estimate of drug-likeness (QED) is 0.115. The fraction of sp³-hybridized carbons (Fsp3) is 0.0545. The van der Waals surface area contributed by atoms with E-state index in [2.05, 4.69) is 182 Å². The van der Waals surface area contributed by atoms with Crippen molar-refractivity contribution in [2.24, 2.45) is 9.98 Å². The van der Waals surface area contributed by atoms with E-state index in [1.54, 1.807) is 0 Å². The zero-order chi connectivity index (χ0) is 39.2. The highest BCUT2D eigenvalue weighted by Crippen LogP contribution is 2.54. The molecule has 1 heterocycles. The Morgan fingerprint density at radius 2 is 1.09 bits per heavy atom. The summed E-state index contributed by atoms with van der Waals surface area (Å²) in [5.41, 5.74) is 16.6. The summed E-state index contributed by atoms with van der Waals surface area (Å²) in [6.07, 6.45) is 0. The average molecular weight is 744 g/mol. The third-order valence-corrected chi connectivity index (χ3v) is 11.9. The summed E-state index contributed by atoms with van der Waals surface area (Å²) in [7, 11) is 0. The van der Waals surface area contributed by atoms with Crippen molar-refractivity contribution >= 4 is 39.1 Å². The van der Waals surface area contributed by atoms with E-state index in [1.807, 2.05) is 43.3 Å². The Morgan fingerprint density at radius 3 is 1.83 bits per heavy atom. The Bertz CT molecular complexity index is 3040. The molecular formula is C55H41N3. The van der Waals surface area contributed by atoms with Crippen LogP contribution in [0.2, 0.25) is 0 Å². The first kappa shape index (κ1) is 35.1. The number of aliphatic imine (C=N–C) groups is 2. The first-order valence-corrected chi connectivity index (χ1v) is 19.9. The molecule has 1 aromatic heterocycles. The summed E-state index contributed by atoms with van der Waals surface area (Å²) in [6.45, 7) is 8.86. The number of benzene rings is 8. The molecule has 8 aromatic carbocycles. The number of fused-ring (bicyclic) bond motifs is 6. The van der Waals surface area contributed by atoms with Crippen LogP contribution in [0.15, 0.2) is 217 Å². The normalized spacial score (nSPS) is 15.1. The van der Waals surface area contributed by atoms with Gasteiger partial charge in [-0.15, -0.1) is 0 Å². The number of rotatable bonds is 7. The predicted molar refractivity (Wildman–Crippen MR) is 244 cm³/mol. The molecule has 1 aliphatic rings. The molecule has 3 nitrogen and oxygen atoms in total. The molecule has 3 heteroatoms. The Morgan fingerprint density at radius 1 is 0.483 bits per heavy atom. The maximum Gasteiger partial charge on any atom is 0.160 e. The highest BCUT2D eigenvalue weighted by atomic mass is 15.0. The van der Waals surface area contributed by atoms with Crippen LogP contribution >= 0.6 is 0 Å². The van der Waals surface area contributed by atoms with Gasteiger partial charge in [0.15, 0.2) is 5.84 Å². The van der Waals surface area contributed by atoms with Crippen LogP contribution in [0.1, 0.15) is 47.2 Å². The first-order valence-electron chi connectivity index (χ1n) is 19.9. The van der Waals surface area contributed by atoms with Crippen LogP contribution in [-0.2, 0) is 5.41 Å². The van der Waals surface area contributed by atoms with Gasteiger partial charge in [-0.05, 0) is 94.3 Å². The van der Waals surface area contributed by atoms with Gasteiger partial charge in [-0.2, -0.15) is 0 Å². The van der Waals surface area contributed by atoms with Gasteiger partial charge in [0.1, 0.15) is 0 Å². The summed E-state index contributed by atoms with van der Waals surface area (Å²) >= 11 is 0. The molecule has 0 spiro atoms. The number of nitrogens with zero attached hydrogens (tertiary/aromatic N) is 3. The second-order valence-electron chi connectivity index (χ2n) is 15.2. The van der Waals surface area contributed by atoms with Gasteiger partial charge in [0.25, 0.3) is 0 Å². The number of hydrogen-bond acceptors (Lipinski definition) is 1. The predicted octanol–water partition coefficient (Wildman–Crippen LogP) is 13.7. The van der Waals surface area contributed by atoms with E-state index in [4.69, 9.17) is 9.98 Å². The van der Waals surface area contributed by atoms with Crippen molar-refractivity contribution in [2.75, 3.05) is 0 Å². The summed E-state index contributed by atoms with van der Waals surface area (Å²) in [6, 6.07) is 71.2. The molecule has 1 aliphatic carbocycles. The molecule has 0 saturated carbocycles. The van der Waals surface area contributed by atoms with E-state index in [1.165, 1.54) is 60.8 Å². The molecule has 276 valence electrons. The second kappa shape index (κ2) is 14.3. The minimum Gasteiger partial charge on any atom is -0.309 e. The van der Waals surface area contributed by atoms with Crippen LogP contribution < -0.4 is 0 Å². The van der Waals surface area contributed by atoms with Crippen molar-refractivity contribution in [1.29, 1.82) is 0 Å². The van der Waals surface area contributed by atoms with Gasteiger partial charge in [0.2, 0.25) is 0 Å². The summed E-state index contributed by atoms with van der Waals surface area (Å²) in [4.78, 5) is 10.2. The maximum atomic E-state index is 5.09. The summed E-state index contributed by atoms with van der Waals surface area (Å²) in [5.74, 6) is 0.623. The lowest BCUT2D eigenvalue weighted by atomic mass is 9.74. The molecule has 0 aliphatic heterocycles. The zero-order valence-electron chi connectivity index (χ0n) is 32.6. The van der Waals surface area contributed by atoms with Crippen molar-refractivity contribution in [1.82, 2.24) is 4.57 Å². The van der Waals surface area contributed by atoms with Crippen molar-refractivity contribution in [2.45, 2.75) is 19.3 Å². The molecule has 10 rings (SSSR count). The lowest BCUT2D eigenvalue weighted by Crippen LogP contribution is -2.22. The van der Waals surface area contributed by atoms with Crippen LogP contribution in [0.5, 0.6) is 0 Å². The zero-order valence-corrected chi connectivity index (χ0v) is 32.6. The molecule has 0 amide bonds. The number of amidine groups is 1. The molecule has 0 fully saturated rings. The molecule has 0 N–H and O–H groups in total. The number of aromatic nitrogens is 1. The largest absolute Gasteiger partial charge is 0.309 e. The van der Waals surface area contributed by atoms with E-state index in [9.17, 15) is 0 Å². The van der Waals surface area contributed by atoms with Gasteiger partial charge in [-0.25, -0.2) is 9.98 Å². The molecular weight excluding hydrogens is 703 g/mol. The highest BCUT2D eigenvalue weighted by Gasteiger charge is 2.41. The van der Waals surface area contributed by atoms with Crippen molar-refractivity contribution in [3.63, 3.8) is 0 Å². The van der Waals surface area contributed by atoms with Gasteiger partial charge in [-0.1, -0.05) is 176 Å². The second-order valence-corrected chi connectivity index (χ2v) is 15.2. The molecule has 58 heavy (non-hydrogen) atoms. The van der Waals surface area contributed by atoms with Gasteiger partial charge >= 0.3 is 0 Å². The Labute approximate surface area is 339 Å².